The maximum absolute atomic E-state index is 5.58. The molecule has 3 heteroatoms. The first-order valence-corrected chi connectivity index (χ1v) is 6.96. The maximum Gasteiger partial charge on any atom is 0.360 e. The molecule has 0 unspecified atom stereocenters. The molecule has 22 heavy (non-hydrogen) atoms. The smallest absolute Gasteiger partial charge is 0.360 e. The molecule has 1 N–H and O–H groups in total. The summed E-state index contributed by atoms with van der Waals surface area (Å²) in [5, 5.41) is 2.75. The van der Waals surface area contributed by atoms with E-state index in [2.05, 4.69) is 23.5 Å². The molecular weight excluding hydrogens is 385 g/mol. The van der Waals surface area contributed by atoms with Gasteiger partial charge < -0.3 is 29.3 Å². The third-order valence-corrected chi connectivity index (χ3v) is 2.89. The first kappa shape index (κ1) is 18.3. The van der Waals surface area contributed by atoms with Crippen molar-refractivity contribution in [2.45, 2.75) is 0 Å². The minimum absolute atomic E-state index is 0. The van der Waals surface area contributed by atoms with Crippen molar-refractivity contribution in [1.82, 2.24) is 5.32 Å². The van der Waals surface area contributed by atoms with Crippen LogP contribution in [0.1, 0.15) is 0 Å². The largest absolute Gasteiger partial charge is 1.00 e. The number of hydrogen-bond donors (Lipinski definition) is 1. The van der Waals surface area contributed by atoms with Gasteiger partial charge >= 0.3 is 12.0 Å². The van der Waals surface area contributed by atoms with Crippen molar-refractivity contribution in [2.24, 2.45) is 0 Å². The maximum atomic E-state index is 5.58. The van der Waals surface area contributed by atoms with Gasteiger partial charge in [-0.3, -0.25) is 0 Å². The van der Waals surface area contributed by atoms with Gasteiger partial charge in [0, 0.05) is 6.07 Å². The van der Waals surface area contributed by atoms with Crippen molar-refractivity contribution >= 4 is 0 Å². The van der Waals surface area contributed by atoms with Crippen molar-refractivity contribution in [2.75, 3.05) is 14.1 Å². The lowest BCUT2D eigenvalue weighted by atomic mass is 10.0. The third-order valence-electron chi connectivity index (χ3n) is 2.89. The van der Waals surface area contributed by atoms with Crippen LogP contribution in [0.4, 0.5) is 0 Å². The van der Waals surface area contributed by atoms with E-state index in [0.717, 1.165) is 11.3 Å². The molecule has 0 bridgehead atoms. The van der Waals surface area contributed by atoms with E-state index in [1.807, 2.05) is 68.7 Å². The SMILES string of the molecule is CNC.[I-].c1ccc(-c2cc[o+]c(-c3ccccc3)c2)cc1. The fourth-order valence-corrected chi connectivity index (χ4v) is 1.97. The summed E-state index contributed by atoms with van der Waals surface area (Å²) in [6.07, 6.45) is 1.74. The Balaban J connectivity index is 0.000000562. The summed E-state index contributed by atoms with van der Waals surface area (Å²) in [6.45, 7) is 0. The summed E-state index contributed by atoms with van der Waals surface area (Å²) in [5.74, 6) is 0.886. The summed E-state index contributed by atoms with van der Waals surface area (Å²) in [5.41, 5.74) is 3.46. The second-order valence-electron chi connectivity index (χ2n) is 4.62. The van der Waals surface area contributed by atoms with Crippen molar-refractivity contribution in [1.29, 1.82) is 0 Å². The zero-order valence-electron chi connectivity index (χ0n) is 12.8. The first-order valence-electron chi connectivity index (χ1n) is 6.96. The summed E-state index contributed by atoms with van der Waals surface area (Å²) in [6, 6.07) is 24.5. The summed E-state index contributed by atoms with van der Waals surface area (Å²) < 4.78 is 5.58. The number of halogens is 1. The molecule has 114 valence electrons. The Morgan fingerprint density at radius 1 is 0.682 bits per heavy atom. The van der Waals surface area contributed by atoms with E-state index in [1.165, 1.54) is 11.1 Å². The molecule has 2 nitrogen and oxygen atoms in total. The molecule has 0 atom stereocenters. The molecule has 2 aromatic carbocycles. The molecular formula is C19H20INO. The highest BCUT2D eigenvalue weighted by atomic mass is 127. The molecule has 0 amide bonds. The van der Waals surface area contributed by atoms with Crippen LogP contribution in [0.15, 0.2) is 83.5 Å². The molecule has 3 rings (SSSR count). The second kappa shape index (κ2) is 10.1. The molecule has 0 fully saturated rings. The quantitative estimate of drug-likeness (QED) is 0.519. The normalized spacial score (nSPS) is 9.18. The topological polar surface area (TPSA) is 23.3 Å². The summed E-state index contributed by atoms with van der Waals surface area (Å²) in [4.78, 5) is 0. The van der Waals surface area contributed by atoms with Crippen LogP contribution in [-0.4, -0.2) is 14.1 Å². The predicted molar refractivity (Wildman–Crippen MR) is 89.0 cm³/mol. The van der Waals surface area contributed by atoms with E-state index in [1.54, 1.807) is 6.26 Å². The van der Waals surface area contributed by atoms with Crippen molar-refractivity contribution < 1.29 is 28.4 Å². The molecule has 1 aromatic heterocycles. The Bertz CT molecular complexity index is 602. The molecule has 0 saturated heterocycles. The molecule has 0 radical (unpaired) electrons. The van der Waals surface area contributed by atoms with Crippen molar-refractivity contribution in [3.8, 4) is 22.5 Å². The Labute approximate surface area is 149 Å². The van der Waals surface area contributed by atoms with Gasteiger partial charge in [0.1, 0.15) is 0 Å². The number of hydrogen-bond acceptors (Lipinski definition) is 1. The van der Waals surface area contributed by atoms with E-state index < -0.39 is 0 Å². The van der Waals surface area contributed by atoms with Crippen LogP contribution < -0.4 is 29.3 Å². The fourth-order valence-electron chi connectivity index (χ4n) is 1.97. The molecule has 0 spiro atoms. The minimum atomic E-state index is 0. The lowest BCUT2D eigenvalue weighted by Gasteiger charge is -1.98. The average molecular weight is 405 g/mol. The molecule has 0 aliphatic rings. The van der Waals surface area contributed by atoms with Gasteiger partial charge in [-0.05, 0) is 37.4 Å². The van der Waals surface area contributed by atoms with Crippen LogP contribution in [0.3, 0.4) is 0 Å². The second-order valence-corrected chi connectivity index (χ2v) is 4.62. The Hall–Kier alpha value is -1.72. The van der Waals surface area contributed by atoms with Gasteiger partial charge in [0.05, 0.1) is 11.6 Å². The summed E-state index contributed by atoms with van der Waals surface area (Å²) >= 11 is 0. The Kier molecular flexibility index (Phi) is 8.40. The molecule has 0 aliphatic heterocycles. The van der Waals surface area contributed by atoms with Gasteiger partial charge in [-0.15, -0.1) is 0 Å². The van der Waals surface area contributed by atoms with Gasteiger partial charge in [-0.2, -0.15) is 0 Å². The highest BCUT2D eigenvalue weighted by Crippen LogP contribution is 2.25. The number of rotatable bonds is 2. The minimum Gasteiger partial charge on any atom is -1.00 e. The molecule has 3 aromatic rings. The fraction of sp³-hybridized carbons (Fsp3) is 0.105. The van der Waals surface area contributed by atoms with E-state index >= 15 is 0 Å². The molecule has 1 heterocycles. The standard InChI is InChI=1S/C17H13O.C2H7N.HI/c1-3-7-14(8-4-1)16-11-12-18-17(13-16)15-9-5-2-6-10-15;1-3-2;/h1-13H;3H,1-2H3;1H/q+1;;/p-1. The van der Waals surface area contributed by atoms with Crippen LogP contribution in [-0.2, 0) is 0 Å². The lowest BCUT2D eigenvalue weighted by Crippen LogP contribution is -3.00. The molecule has 0 saturated carbocycles. The third kappa shape index (κ3) is 5.24. The average Bonchev–Trinajstić information content (AvgIpc) is 2.57. The van der Waals surface area contributed by atoms with Crippen molar-refractivity contribution in [3.63, 3.8) is 0 Å². The lowest BCUT2D eigenvalue weighted by molar-refractivity contribution is -0.00000470. The van der Waals surface area contributed by atoms with Crippen LogP contribution in [0.5, 0.6) is 0 Å². The van der Waals surface area contributed by atoms with Crippen LogP contribution in [0.25, 0.3) is 22.5 Å². The van der Waals surface area contributed by atoms with Crippen molar-refractivity contribution in [3.05, 3.63) is 79.1 Å². The summed E-state index contributed by atoms with van der Waals surface area (Å²) in [7, 11) is 3.75. The van der Waals surface area contributed by atoms with E-state index in [4.69, 9.17) is 4.42 Å². The van der Waals surface area contributed by atoms with E-state index in [-0.39, 0.29) is 24.0 Å². The van der Waals surface area contributed by atoms with Crippen LogP contribution in [0, 0.1) is 0 Å². The molecule has 0 aliphatic carbocycles. The van der Waals surface area contributed by atoms with Gasteiger partial charge in [0.15, 0.2) is 0 Å². The zero-order valence-corrected chi connectivity index (χ0v) is 14.9. The van der Waals surface area contributed by atoms with Gasteiger partial charge in [-0.25, -0.2) is 4.42 Å². The number of nitrogens with one attached hydrogen (secondary N) is 1. The zero-order chi connectivity index (χ0) is 14.9. The van der Waals surface area contributed by atoms with E-state index in [9.17, 15) is 0 Å². The van der Waals surface area contributed by atoms with E-state index in [0.29, 0.717) is 0 Å². The van der Waals surface area contributed by atoms with Crippen LogP contribution in [0.2, 0.25) is 0 Å². The number of benzene rings is 2. The Morgan fingerprint density at radius 3 is 1.73 bits per heavy atom. The van der Waals surface area contributed by atoms with Gasteiger partial charge in [0.25, 0.3) is 0 Å². The monoisotopic (exact) mass is 405 g/mol. The van der Waals surface area contributed by atoms with Gasteiger partial charge in [0.2, 0.25) is 0 Å². The first-order chi connectivity index (χ1) is 10.3. The predicted octanol–water partition coefficient (Wildman–Crippen LogP) is 1.73. The highest BCUT2D eigenvalue weighted by Gasteiger charge is 2.11. The van der Waals surface area contributed by atoms with Gasteiger partial charge in [-0.1, -0.05) is 48.5 Å². The Morgan fingerprint density at radius 2 is 1.18 bits per heavy atom. The van der Waals surface area contributed by atoms with Crippen LogP contribution >= 0.6 is 0 Å². The highest BCUT2D eigenvalue weighted by molar-refractivity contribution is 5.68.